The molecule has 0 fully saturated rings. The fourth-order valence-electron chi connectivity index (χ4n) is 2.91. The van der Waals surface area contributed by atoms with Crippen molar-refractivity contribution in [1.29, 1.82) is 0 Å². The molecule has 0 unspecified atom stereocenters. The molecule has 0 saturated carbocycles. The van der Waals surface area contributed by atoms with Gasteiger partial charge in [0.05, 0.1) is 10.7 Å². The lowest BCUT2D eigenvalue weighted by Gasteiger charge is -2.12. The number of hydrogen-bond donors (Lipinski definition) is 2. The molecule has 0 spiro atoms. The Morgan fingerprint density at radius 1 is 1.20 bits per heavy atom. The van der Waals surface area contributed by atoms with Gasteiger partial charge in [0.2, 0.25) is 0 Å². The average molecular weight is 566 g/mol. The maximum atomic E-state index is 4.71. The zero-order valence-electron chi connectivity index (χ0n) is 19.0. The number of thioether (sulfide) groups is 1. The molecular formula is C20H36IN7S2. The molecule has 2 heterocycles. The fraction of sp³-hybridized carbons (Fsp3) is 0.700. The summed E-state index contributed by atoms with van der Waals surface area (Å²) in [5.41, 5.74) is 1.14. The summed E-state index contributed by atoms with van der Waals surface area (Å²) in [6.45, 7) is 14.1. The van der Waals surface area contributed by atoms with Crippen molar-refractivity contribution in [3.63, 3.8) is 0 Å². The minimum absolute atomic E-state index is 0. The third-order valence-corrected chi connectivity index (χ3v) is 6.20. The standard InChI is InChI=1S/C20H35N7S2.HI/c1-7-21-19(23-12-10-18-24-15(4)16(5)29-18)22-11-8-9-17-25-26-20(28-6)27(17)13-14(2)3;/h14H,7-13H2,1-6H3,(H2,21,22,23);1H. The van der Waals surface area contributed by atoms with E-state index < -0.39 is 0 Å². The molecule has 0 aliphatic heterocycles. The Balaban J connectivity index is 0.00000450. The molecule has 0 aromatic carbocycles. The van der Waals surface area contributed by atoms with Gasteiger partial charge in [0, 0.05) is 43.9 Å². The average Bonchev–Trinajstić information content (AvgIpc) is 3.20. The molecule has 10 heteroatoms. The van der Waals surface area contributed by atoms with Crippen LogP contribution in [0.3, 0.4) is 0 Å². The molecule has 7 nitrogen and oxygen atoms in total. The smallest absolute Gasteiger partial charge is 0.191 e. The number of nitrogens with zero attached hydrogens (tertiary/aromatic N) is 5. The van der Waals surface area contributed by atoms with Crippen molar-refractivity contribution >= 4 is 53.0 Å². The van der Waals surface area contributed by atoms with E-state index >= 15 is 0 Å². The SMILES string of the molecule is CCNC(=NCCCc1nnc(SC)n1CC(C)C)NCCc1nc(C)c(C)s1.I. The second-order valence-electron chi connectivity index (χ2n) is 7.40. The summed E-state index contributed by atoms with van der Waals surface area (Å²) in [5, 5.41) is 17.6. The van der Waals surface area contributed by atoms with Crippen LogP contribution in [-0.2, 0) is 19.4 Å². The summed E-state index contributed by atoms with van der Waals surface area (Å²) in [7, 11) is 0. The lowest BCUT2D eigenvalue weighted by Crippen LogP contribution is -2.38. The van der Waals surface area contributed by atoms with Crippen LogP contribution in [0.1, 0.15) is 48.6 Å². The van der Waals surface area contributed by atoms with Crippen molar-refractivity contribution in [3.05, 3.63) is 21.4 Å². The van der Waals surface area contributed by atoms with Gasteiger partial charge in [-0.2, -0.15) is 0 Å². The number of rotatable bonds is 11. The Labute approximate surface area is 206 Å². The van der Waals surface area contributed by atoms with E-state index in [1.54, 1.807) is 23.1 Å². The van der Waals surface area contributed by atoms with E-state index in [-0.39, 0.29) is 24.0 Å². The van der Waals surface area contributed by atoms with Crippen molar-refractivity contribution in [2.24, 2.45) is 10.9 Å². The van der Waals surface area contributed by atoms with Crippen LogP contribution in [0.25, 0.3) is 0 Å². The molecule has 0 aliphatic rings. The van der Waals surface area contributed by atoms with E-state index in [1.807, 2.05) is 0 Å². The summed E-state index contributed by atoms with van der Waals surface area (Å²) in [4.78, 5) is 10.6. The Morgan fingerprint density at radius 2 is 1.97 bits per heavy atom. The molecule has 30 heavy (non-hydrogen) atoms. The maximum Gasteiger partial charge on any atom is 0.191 e. The van der Waals surface area contributed by atoms with Crippen molar-refractivity contribution in [1.82, 2.24) is 30.4 Å². The van der Waals surface area contributed by atoms with Gasteiger partial charge in [-0.25, -0.2) is 4.98 Å². The van der Waals surface area contributed by atoms with Gasteiger partial charge in [-0.3, -0.25) is 4.99 Å². The minimum Gasteiger partial charge on any atom is -0.357 e. The molecular weight excluding hydrogens is 529 g/mol. The Morgan fingerprint density at radius 3 is 2.57 bits per heavy atom. The third-order valence-electron chi connectivity index (χ3n) is 4.40. The largest absolute Gasteiger partial charge is 0.357 e. The predicted molar refractivity (Wildman–Crippen MR) is 140 cm³/mol. The maximum absolute atomic E-state index is 4.71. The number of aryl methyl sites for hydroxylation is 3. The first-order valence-corrected chi connectivity index (χ1v) is 12.4. The van der Waals surface area contributed by atoms with Gasteiger partial charge in [0.15, 0.2) is 11.1 Å². The molecule has 0 saturated heterocycles. The highest BCUT2D eigenvalue weighted by Crippen LogP contribution is 2.17. The molecule has 0 atom stereocenters. The molecule has 0 bridgehead atoms. The Kier molecular flexibility index (Phi) is 12.9. The summed E-state index contributed by atoms with van der Waals surface area (Å²) in [6, 6.07) is 0. The van der Waals surface area contributed by atoms with Gasteiger partial charge in [0.1, 0.15) is 5.82 Å². The highest BCUT2D eigenvalue weighted by Gasteiger charge is 2.12. The van der Waals surface area contributed by atoms with Gasteiger partial charge in [-0.05, 0) is 39.4 Å². The fourth-order valence-corrected chi connectivity index (χ4v) is 4.36. The molecule has 0 amide bonds. The lowest BCUT2D eigenvalue weighted by molar-refractivity contribution is 0.477. The summed E-state index contributed by atoms with van der Waals surface area (Å²) in [5.74, 6) is 2.50. The first kappa shape index (κ1) is 27.2. The lowest BCUT2D eigenvalue weighted by atomic mass is 10.2. The van der Waals surface area contributed by atoms with E-state index in [2.05, 4.69) is 71.3 Å². The van der Waals surface area contributed by atoms with Crippen LogP contribution in [0.4, 0.5) is 0 Å². The zero-order valence-corrected chi connectivity index (χ0v) is 23.0. The topological polar surface area (TPSA) is 80.0 Å². The van der Waals surface area contributed by atoms with E-state index in [4.69, 9.17) is 4.99 Å². The summed E-state index contributed by atoms with van der Waals surface area (Å²) < 4.78 is 2.25. The van der Waals surface area contributed by atoms with Crippen molar-refractivity contribution in [2.75, 3.05) is 25.9 Å². The molecule has 170 valence electrons. The van der Waals surface area contributed by atoms with Crippen LogP contribution in [0.15, 0.2) is 10.1 Å². The van der Waals surface area contributed by atoms with Gasteiger partial charge in [-0.1, -0.05) is 25.6 Å². The number of hydrogen-bond acceptors (Lipinski definition) is 6. The summed E-state index contributed by atoms with van der Waals surface area (Å²) >= 11 is 3.44. The Bertz CT molecular complexity index is 767. The van der Waals surface area contributed by atoms with Gasteiger partial charge in [0.25, 0.3) is 0 Å². The first-order valence-electron chi connectivity index (χ1n) is 10.4. The van der Waals surface area contributed by atoms with Crippen molar-refractivity contribution in [2.45, 2.75) is 65.6 Å². The number of halogens is 1. The van der Waals surface area contributed by atoms with Crippen molar-refractivity contribution < 1.29 is 0 Å². The second-order valence-corrected chi connectivity index (χ2v) is 9.46. The van der Waals surface area contributed by atoms with Crippen LogP contribution in [-0.4, -0.2) is 51.6 Å². The van der Waals surface area contributed by atoms with Crippen LogP contribution in [0, 0.1) is 19.8 Å². The molecule has 0 aliphatic carbocycles. The zero-order chi connectivity index (χ0) is 21.2. The van der Waals surface area contributed by atoms with Crippen molar-refractivity contribution in [3.8, 4) is 0 Å². The van der Waals surface area contributed by atoms with E-state index in [0.717, 1.165) is 68.1 Å². The monoisotopic (exact) mass is 565 g/mol. The highest BCUT2D eigenvalue weighted by atomic mass is 127. The molecule has 0 radical (unpaired) electrons. The molecule has 2 aromatic rings. The predicted octanol–water partition coefficient (Wildman–Crippen LogP) is 4.08. The van der Waals surface area contributed by atoms with Crippen LogP contribution in [0.2, 0.25) is 0 Å². The third kappa shape index (κ3) is 8.70. The number of aliphatic imine (C=N–C) groups is 1. The quantitative estimate of drug-likeness (QED) is 0.141. The van der Waals surface area contributed by atoms with E-state index in [1.165, 1.54) is 9.88 Å². The number of nitrogens with one attached hydrogen (secondary N) is 2. The van der Waals surface area contributed by atoms with Crippen LogP contribution < -0.4 is 10.6 Å². The van der Waals surface area contributed by atoms with E-state index in [0.29, 0.717) is 5.92 Å². The Hall–Kier alpha value is -0.880. The van der Waals surface area contributed by atoms with Gasteiger partial charge >= 0.3 is 0 Å². The molecule has 2 aromatic heterocycles. The highest BCUT2D eigenvalue weighted by molar-refractivity contribution is 14.0. The minimum atomic E-state index is 0. The van der Waals surface area contributed by atoms with Crippen LogP contribution >= 0.6 is 47.1 Å². The van der Waals surface area contributed by atoms with Gasteiger partial charge < -0.3 is 15.2 Å². The van der Waals surface area contributed by atoms with Gasteiger partial charge in [-0.15, -0.1) is 45.5 Å². The normalized spacial score (nSPS) is 11.6. The second kappa shape index (κ2) is 14.2. The van der Waals surface area contributed by atoms with E-state index in [9.17, 15) is 0 Å². The molecule has 2 N–H and O–H groups in total. The number of thiazole rings is 1. The summed E-state index contributed by atoms with van der Waals surface area (Å²) in [6.07, 6.45) is 4.81. The van der Waals surface area contributed by atoms with Crippen LogP contribution in [0.5, 0.6) is 0 Å². The first-order chi connectivity index (χ1) is 13.9. The number of aromatic nitrogens is 4. The molecule has 2 rings (SSSR count). The number of guanidine groups is 1.